The van der Waals surface area contributed by atoms with Gasteiger partial charge in [-0.25, -0.2) is 8.42 Å². The number of nitrogens with one attached hydrogen (secondary N) is 1. The second kappa shape index (κ2) is 8.32. The predicted molar refractivity (Wildman–Crippen MR) is 108 cm³/mol. The lowest BCUT2D eigenvalue weighted by Gasteiger charge is -2.20. The lowest BCUT2D eigenvalue weighted by molar-refractivity contribution is -0.121. The number of rotatable bonds is 7. The molecule has 2 aromatic rings. The van der Waals surface area contributed by atoms with Crippen LogP contribution in [0.25, 0.3) is 0 Å². The van der Waals surface area contributed by atoms with E-state index in [0.717, 1.165) is 22.7 Å². The molecule has 0 unspecified atom stereocenters. The summed E-state index contributed by atoms with van der Waals surface area (Å²) < 4.78 is 31.4. The van der Waals surface area contributed by atoms with E-state index in [9.17, 15) is 13.2 Å². The van der Waals surface area contributed by atoms with Crippen molar-refractivity contribution in [2.75, 3.05) is 20.7 Å². The van der Waals surface area contributed by atoms with Crippen LogP contribution in [0.2, 0.25) is 0 Å². The lowest BCUT2D eigenvalue weighted by Crippen LogP contribution is -2.39. The molecule has 28 heavy (non-hydrogen) atoms. The SMILES string of the molecule is COc1ccc(S(=O)(=O)N(C)CC(=O)N[C@@H](C)c2ccc3c(c2)CCC3)cc1. The van der Waals surface area contributed by atoms with Crippen LogP contribution in [0, 0.1) is 0 Å². The Bertz CT molecular complexity index is 955. The van der Waals surface area contributed by atoms with E-state index in [1.54, 1.807) is 12.1 Å². The normalized spacial score (nSPS) is 14.6. The minimum Gasteiger partial charge on any atom is -0.497 e. The van der Waals surface area contributed by atoms with E-state index >= 15 is 0 Å². The Morgan fingerprint density at radius 3 is 2.50 bits per heavy atom. The van der Waals surface area contributed by atoms with Gasteiger partial charge in [0.15, 0.2) is 0 Å². The number of fused-ring (bicyclic) bond motifs is 1. The van der Waals surface area contributed by atoms with Gasteiger partial charge in [-0.1, -0.05) is 18.2 Å². The first-order valence-electron chi connectivity index (χ1n) is 9.32. The van der Waals surface area contributed by atoms with Crippen molar-refractivity contribution in [1.82, 2.24) is 9.62 Å². The molecule has 0 fully saturated rings. The second-order valence-corrected chi connectivity index (χ2v) is 9.15. The highest BCUT2D eigenvalue weighted by atomic mass is 32.2. The number of hydrogen-bond donors (Lipinski definition) is 1. The number of aryl methyl sites for hydroxylation is 2. The average molecular weight is 403 g/mol. The number of ether oxygens (including phenoxy) is 1. The Kier molecular flexibility index (Phi) is 6.05. The van der Waals surface area contributed by atoms with E-state index in [2.05, 4.69) is 17.4 Å². The van der Waals surface area contributed by atoms with Gasteiger partial charge in [0.1, 0.15) is 5.75 Å². The van der Waals surface area contributed by atoms with Gasteiger partial charge in [0, 0.05) is 7.05 Å². The van der Waals surface area contributed by atoms with Gasteiger partial charge in [-0.3, -0.25) is 4.79 Å². The van der Waals surface area contributed by atoms with Crippen molar-refractivity contribution in [2.45, 2.75) is 37.1 Å². The average Bonchev–Trinajstić information content (AvgIpc) is 3.15. The molecule has 0 aliphatic heterocycles. The van der Waals surface area contributed by atoms with Crippen molar-refractivity contribution in [2.24, 2.45) is 0 Å². The first-order chi connectivity index (χ1) is 13.3. The highest BCUT2D eigenvalue weighted by Crippen LogP contribution is 2.25. The third kappa shape index (κ3) is 4.36. The van der Waals surface area contributed by atoms with Crippen LogP contribution in [-0.2, 0) is 27.7 Å². The maximum atomic E-state index is 12.7. The van der Waals surface area contributed by atoms with Crippen LogP contribution >= 0.6 is 0 Å². The van der Waals surface area contributed by atoms with Gasteiger partial charge in [0.25, 0.3) is 0 Å². The minimum absolute atomic E-state index is 0.121. The van der Waals surface area contributed by atoms with Gasteiger partial charge in [0.05, 0.1) is 24.6 Å². The fraction of sp³-hybridized carbons (Fsp3) is 0.381. The van der Waals surface area contributed by atoms with Crippen molar-refractivity contribution in [3.63, 3.8) is 0 Å². The summed E-state index contributed by atoms with van der Waals surface area (Å²) in [5.74, 6) is 0.232. The number of amides is 1. The lowest BCUT2D eigenvalue weighted by atomic mass is 10.0. The predicted octanol–water partition coefficient (Wildman–Crippen LogP) is 2.68. The molecule has 0 saturated carbocycles. The topological polar surface area (TPSA) is 75.7 Å². The van der Waals surface area contributed by atoms with Gasteiger partial charge in [-0.05, 0) is 67.1 Å². The molecule has 0 heterocycles. The summed E-state index contributed by atoms with van der Waals surface area (Å²) >= 11 is 0. The summed E-state index contributed by atoms with van der Waals surface area (Å²) in [6.45, 7) is 1.66. The van der Waals surface area contributed by atoms with Gasteiger partial charge in [0.2, 0.25) is 15.9 Å². The van der Waals surface area contributed by atoms with Crippen LogP contribution in [-0.4, -0.2) is 39.3 Å². The molecular weight excluding hydrogens is 376 g/mol. The molecular formula is C21H26N2O4S. The summed E-state index contributed by atoms with van der Waals surface area (Å²) in [5.41, 5.74) is 3.76. The van der Waals surface area contributed by atoms with Crippen LogP contribution in [0.15, 0.2) is 47.4 Å². The molecule has 1 aliphatic rings. The van der Waals surface area contributed by atoms with E-state index in [-0.39, 0.29) is 23.4 Å². The molecule has 0 aromatic heterocycles. The standard InChI is InChI=1S/C21H26N2O4S/c1-15(17-8-7-16-5-4-6-18(16)13-17)22-21(24)14-23(2)28(25,26)20-11-9-19(27-3)10-12-20/h7-13,15H,4-6,14H2,1-3H3,(H,22,24)/t15-/m0/s1. The first-order valence-corrected chi connectivity index (χ1v) is 10.8. The molecule has 2 aromatic carbocycles. The van der Waals surface area contributed by atoms with E-state index in [4.69, 9.17) is 4.74 Å². The molecule has 0 radical (unpaired) electrons. The Morgan fingerprint density at radius 2 is 1.82 bits per heavy atom. The van der Waals surface area contributed by atoms with E-state index in [1.807, 2.05) is 13.0 Å². The number of likely N-dealkylation sites (N-methyl/N-ethyl adjacent to an activating group) is 1. The highest BCUT2D eigenvalue weighted by molar-refractivity contribution is 7.89. The van der Waals surface area contributed by atoms with Gasteiger partial charge in [-0.2, -0.15) is 4.31 Å². The Morgan fingerprint density at radius 1 is 1.14 bits per heavy atom. The second-order valence-electron chi connectivity index (χ2n) is 7.11. The molecule has 1 atom stereocenters. The maximum absolute atomic E-state index is 12.7. The molecule has 150 valence electrons. The number of benzene rings is 2. The summed E-state index contributed by atoms with van der Waals surface area (Å²) in [7, 11) is -0.833. The molecule has 6 nitrogen and oxygen atoms in total. The zero-order chi connectivity index (χ0) is 20.3. The number of methoxy groups -OCH3 is 1. The van der Waals surface area contributed by atoms with Crippen molar-refractivity contribution < 1.29 is 17.9 Å². The fourth-order valence-corrected chi connectivity index (χ4v) is 4.57. The smallest absolute Gasteiger partial charge is 0.243 e. The van der Waals surface area contributed by atoms with Crippen LogP contribution in [0.4, 0.5) is 0 Å². The largest absolute Gasteiger partial charge is 0.497 e. The van der Waals surface area contributed by atoms with Crippen molar-refractivity contribution in [3.05, 3.63) is 59.2 Å². The zero-order valence-electron chi connectivity index (χ0n) is 16.4. The summed E-state index contributed by atoms with van der Waals surface area (Å²) in [5, 5.41) is 2.90. The number of carbonyl (C=O) groups is 1. The quantitative estimate of drug-likeness (QED) is 0.773. The van der Waals surface area contributed by atoms with Gasteiger partial charge < -0.3 is 10.1 Å². The molecule has 0 spiro atoms. The van der Waals surface area contributed by atoms with E-state index in [0.29, 0.717) is 5.75 Å². The van der Waals surface area contributed by atoms with Crippen LogP contribution in [0.5, 0.6) is 5.75 Å². The van der Waals surface area contributed by atoms with Crippen molar-refractivity contribution in [3.8, 4) is 5.75 Å². The summed E-state index contributed by atoms with van der Waals surface area (Å²) in [6, 6.07) is 12.2. The van der Waals surface area contributed by atoms with Crippen molar-refractivity contribution >= 4 is 15.9 Å². The number of hydrogen-bond acceptors (Lipinski definition) is 4. The van der Waals surface area contributed by atoms with Crippen LogP contribution < -0.4 is 10.1 Å². The minimum atomic E-state index is -3.75. The molecule has 1 aliphatic carbocycles. The highest BCUT2D eigenvalue weighted by Gasteiger charge is 2.24. The monoisotopic (exact) mass is 402 g/mol. The molecule has 0 saturated heterocycles. The number of carbonyl (C=O) groups excluding carboxylic acids is 1. The molecule has 0 bridgehead atoms. The van der Waals surface area contributed by atoms with Gasteiger partial charge in [-0.15, -0.1) is 0 Å². The first kappa shape index (κ1) is 20.4. The van der Waals surface area contributed by atoms with Gasteiger partial charge >= 0.3 is 0 Å². The third-order valence-electron chi connectivity index (χ3n) is 5.13. The Hall–Kier alpha value is -2.38. The molecule has 1 N–H and O–H groups in total. The fourth-order valence-electron chi connectivity index (χ4n) is 3.45. The van der Waals surface area contributed by atoms with Crippen molar-refractivity contribution in [1.29, 1.82) is 0 Å². The van der Waals surface area contributed by atoms with E-state index in [1.165, 1.54) is 43.8 Å². The zero-order valence-corrected chi connectivity index (χ0v) is 17.3. The molecule has 7 heteroatoms. The molecule has 1 amide bonds. The number of sulfonamides is 1. The van der Waals surface area contributed by atoms with Crippen LogP contribution in [0.1, 0.15) is 36.1 Å². The van der Waals surface area contributed by atoms with E-state index < -0.39 is 10.0 Å². The van der Waals surface area contributed by atoms with Crippen LogP contribution in [0.3, 0.4) is 0 Å². The third-order valence-corrected chi connectivity index (χ3v) is 6.95. The number of nitrogens with zero attached hydrogens (tertiary/aromatic N) is 1. The Balaban J connectivity index is 1.63. The maximum Gasteiger partial charge on any atom is 0.243 e. The summed E-state index contributed by atoms with van der Waals surface area (Å²) in [4.78, 5) is 12.5. The molecule has 3 rings (SSSR count). The Labute approximate surface area is 166 Å². The summed E-state index contributed by atoms with van der Waals surface area (Å²) in [6.07, 6.45) is 3.37.